The Morgan fingerprint density at radius 1 is 1.32 bits per heavy atom. The van der Waals surface area contributed by atoms with Gasteiger partial charge in [-0.15, -0.1) is 0 Å². The molecule has 0 aliphatic heterocycles. The van der Waals surface area contributed by atoms with E-state index in [1.165, 1.54) is 5.56 Å². The standard InChI is InChI=1S/C15H19ClN2S/c1-11(17)15(13-7-8-19-10-13)18(2)9-12-5-3-4-6-14(12)16/h3-8,10-11,15H,9,17H2,1-2H3. The van der Waals surface area contributed by atoms with Gasteiger partial charge in [0.2, 0.25) is 0 Å². The molecule has 0 aliphatic rings. The van der Waals surface area contributed by atoms with Gasteiger partial charge in [0, 0.05) is 17.6 Å². The molecule has 2 atom stereocenters. The predicted octanol–water partition coefficient (Wildman–Crippen LogP) is 3.92. The number of nitrogens with two attached hydrogens (primary N) is 1. The summed E-state index contributed by atoms with van der Waals surface area (Å²) >= 11 is 7.93. The van der Waals surface area contributed by atoms with Gasteiger partial charge in [-0.05, 0) is 48.0 Å². The lowest BCUT2D eigenvalue weighted by Gasteiger charge is -2.31. The number of hydrogen-bond acceptors (Lipinski definition) is 3. The first-order valence-electron chi connectivity index (χ1n) is 6.31. The number of likely N-dealkylation sites (N-methyl/N-ethyl adjacent to an activating group) is 1. The molecule has 0 aliphatic carbocycles. The van der Waals surface area contributed by atoms with Crippen molar-refractivity contribution in [3.63, 3.8) is 0 Å². The zero-order valence-electron chi connectivity index (χ0n) is 11.2. The Morgan fingerprint density at radius 3 is 2.63 bits per heavy atom. The third-order valence-electron chi connectivity index (χ3n) is 3.24. The number of nitrogens with zero attached hydrogens (tertiary/aromatic N) is 1. The summed E-state index contributed by atoms with van der Waals surface area (Å²) in [6.45, 7) is 2.84. The van der Waals surface area contributed by atoms with E-state index < -0.39 is 0 Å². The van der Waals surface area contributed by atoms with Crippen LogP contribution in [0.3, 0.4) is 0 Å². The second-order valence-corrected chi connectivity index (χ2v) is 6.05. The maximum absolute atomic E-state index is 6.22. The molecular formula is C15H19ClN2S. The minimum absolute atomic E-state index is 0.0714. The highest BCUT2D eigenvalue weighted by molar-refractivity contribution is 7.07. The van der Waals surface area contributed by atoms with Gasteiger partial charge in [0.05, 0.1) is 6.04 Å². The zero-order chi connectivity index (χ0) is 13.8. The van der Waals surface area contributed by atoms with Crippen molar-refractivity contribution in [3.05, 3.63) is 57.2 Å². The lowest BCUT2D eigenvalue weighted by molar-refractivity contribution is 0.211. The van der Waals surface area contributed by atoms with Crippen LogP contribution < -0.4 is 5.73 Å². The van der Waals surface area contributed by atoms with Crippen molar-refractivity contribution < 1.29 is 0 Å². The van der Waals surface area contributed by atoms with E-state index in [0.29, 0.717) is 0 Å². The summed E-state index contributed by atoms with van der Waals surface area (Å²) in [4.78, 5) is 2.26. The first-order valence-corrected chi connectivity index (χ1v) is 7.63. The van der Waals surface area contributed by atoms with Gasteiger partial charge in [-0.2, -0.15) is 11.3 Å². The average molecular weight is 295 g/mol. The van der Waals surface area contributed by atoms with Crippen molar-refractivity contribution >= 4 is 22.9 Å². The molecule has 1 aromatic carbocycles. The van der Waals surface area contributed by atoms with E-state index >= 15 is 0 Å². The van der Waals surface area contributed by atoms with Crippen molar-refractivity contribution in [1.29, 1.82) is 0 Å². The van der Waals surface area contributed by atoms with Crippen molar-refractivity contribution in [2.45, 2.75) is 25.6 Å². The normalized spacial score (nSPS) is 14.6. The van der Waals surface area contributed by atoms with Crippen LogP contribution in [0.25, 0.3) is 0 Å². The van der Waals surface area contributed by atoms with E-state index in [0.717, 1.165) is 17.1 Å². The largest absolute Gasteiger partial charge is 0.326 e. The van der Waals surface area contributed by atoms with Crippen molar-refractivity contribution in [3.8, 4) is 0 Å². The Labute approximate surface area is 123 Å². The van der Waals surface area contributed by atoms with Gasteiger partial charge in [0.15, 0.2) is 0 Å². The van der Waals surface area contributed by atoms with Gasteiger partial charge in [-0.3, -0.25) is 4.90 Å². The molecule has 2 rings (SSSR count). The van der Waals surface area contributed by atoms with Gasteiger partial charge in [0.25, 0.3) is 0 Å². The molecule has 2 nitrogen and oxygen atoms in total. The zero-order valence-corrected chi connectivity index (χ0v) is 12.8. The maximum Gasteiger partial charge on any atom is 0.0505 e. The molecule has 0 fully saturated rings. The first-order chi connectivity index (χ1) is 9.09. The Kier molecular flexibility index (Phi) is 4.99. The van der Waals surface area contributed by atoms with E-state index in [4.69, 9.17) is 17.3 Å². The number of hydrogen-bond donors (Lipinski definition) is 1. The molecule has 1 aromatic heterocycles. The fourth-order valence-electron chi connectivity index (χ4n) is 2.40. The number of halogens is 1. The lowest BCUT2D eigenvalue weighted by Crippen LogP contribution is -2.36. The SMILES string of the molecule is CC(N)C(c1ccsc1)N(C)Cc1ccccc1Cl. The Balaban J connectivity index is 2.17. The van der Waals surface area contributed by atoms with Crippen LogP contribution in [0.2, 0.25) is 5.02 Å². The second kappa shape index (κ2) is 6.53. The third-order valence-corrected chi connectivity index (χ3v) is 4.31. The number of rotatable bonds is 5. The van der Waals surface area contributed by atoms with Crippen LogP contribution in [0, 0.1) is 0 Å². The topological polar surface area (TPSA) is 29.3 Å². The fraction of sp³-hybridized carbons (Fsp3) is 0.333. The summed E-state index contributed by atoms with van der Waals surface area (Å²) in [5.41, 5.74) is 8.56. The lowest BCUT2D eigenvalue weighted by atomic mass is 10.0. The molecule has 2 unspecified atom stereocenters. The van der Waals surface area contributed by atoms with Gasteiger partial charge >= 0.3 is 0 Å². The van der Waals surface area contributed by atoms with Crippen LogP contribution in [0.5, 0.6) is 0 Å². The van der Waals surface area contributed by atoms with Crippen molar-refractivity contribution in [2.24, 2.45) is 5.73 Å². The van der Waals surface area contributed by atoms with E-state index in [1.54, 1.807) is 11.3 Å². The summed E-state index contributed by atoms with van der Waals surface area (Å²) < 4.78 is 0. The van der Waals surface area contributed by atoms with E-state index in [-0.39, 0.29) is 12.1 Å². The predicted molar refractivity (Wildman–Crippen MR) is 83.6 cm³/mol. The molecule has 0 amide bonds. The first kappa shape index (κ1) is 14.5. The Morgan fingerprint density at radius 2 is 2.05 bits per heavy atom. The molecule has 0 spiro atoms. The second-order valence-electron chi connectivity index (χ2n) is 4.87. The molecule has 19 heavy (non-hydrogen) atoms. The highest BCUT2D eigenvalue weighted by atomic mass is 35.5. The van der Waals surface area contributed by atoms with Crippen molar-refractivity contribution in [2.75, 3.05) is 7.05 Å². The quantitative estimate of drug-likeness (QED) is 0.905. The van der Waals surface area contributed by atoms with Gasteiger partial charge in [-0.1, -0.05) is 29.8 Å². The van der Waals surface area contributed by atoms with Crippen LogP contribution in [0.4, 0.5) is 0 Å². The highest BCUT2D eigenvalue weighted by Crippen LogP contribution is 2.27. The van der Waals surface area contributed by atoms with Crippen molar-refractivity contribution in [1.82, 2.24) is 4.90 Å². The number of benzene rings is 1. The Hall–Kier alpha value is -0.870. The molecular weight excluding hydrogens is 276 g/mol. The fourth-order valence-corrected chi connectivity index (χ4v) is 3.28. The monoisotopic (exact) mass is 294 g/mol. The van der Waals surface area contributed by atoms with Gasteiger partial charge in [0.1, 0.15) is 0 Å². The number of thiophene rings is 1. The summed E-state index contributed by atoms with van der Waals surface area (Å²) in [6, 6.07) is 10.4. The molecule has 2 aromatic rings. The van der Waals surface area contributed by atoms with Crippen LogP contribution in [-0.2, 0) is 6.54 Å². The van der Waals surface area contributed by atoms with Crippen LogP contribution in [0.15, 0.2) is 41.1 Å². The maximum atomic E-state index is 6.22. The molecule has 4 heteroatoms. The molecule has 1 heterocycles. The third kappa shape index (κ3) is 3.57. The summed E-state index contributed by atoms with van der Waals surface area (Å²) in [7, 11) is 2.09. The van der Waals surface area contributed by atoms with Crippen LogP contribution >= 0.6 is 22.9 Å². The molecule has 0 bridgehead atoms. The summed E-state index contributed by atoms with van der Waals surface area (Å²) in [6.07, 6.45) is 0. The molecule has 102 valence electrons. The molecule has 0 saturated heterocycles. The minimum atomic E-state index is 0.0714. The minimum Gasteiger partial charge on any atom is -0.326 e. The molecule has 0 saturated carbocycles. The van der Waals surface area contributed by atoms with Gasteiger partial charge < -0.3 is 5.73 Å². The summed E-state index contributed by atoms with van der Waals surface area (Å²) in [5, 5.41) is 5.06. The smallest absolute Gasteiger partial charge is 0.0505 e. The van der Waals surface area contributed by atoms with Gasteiger partial charge in [-0.25, -0.2) is 0 Å². The average Bonchev–Trinajstić information content (AvgIpc) is 2.85. The Bertz CT molecular complexity index is 511. The van der Waals surface area contributed by atoms with Crippen LogP contribution in [0.1, 0.15) is 24.1 Å². The highest BCUT2D eigenvalue weighted by Gasteiger charge is 2.22. The van der Waals surface area contributed by atoms with Crippen LogP contribution in [-0.4, -0.2) is 18.0 Å². The van der Waals surface area contributed by atoms with E-state index in [1.807, 2.05) is 25.1 Å². The molecule has 2 N–H and O–H groups in total. The summed E-state index contributed by atoms with van der Waals surface area (Å²) in [5.74, 6) is 0. The molecule has 0 radical (unpaired) electrons. The van der Waals surface area contributed by atoms with E-state index in [9.17, 15) is 0 Å². The van der Waals surface area contributed by atoms with E-state index in [2.05, 4.69) is 34.8 Å².